The van der Waals surface area contributed by atoms with E-state index in [4.69, 9.17) is 4.74 Å². The van der Waals surface area contributed by atoms with Crippen molar-refractivity contribution in [1.29, 1.82) is 0 Å². The van der Waals surface area contributed by atoms with E-state index in [0.717, 1.165) is 5.56 Å². The number of alkyl halides is 6. The second kappa shape index (κ2) is 12.7. The average Bonchev–Trinajstić information content (AvgIpc) is 3.24. The Bertz CT molecular complexity index is 1070. The van der Waals surface area contributed by atoms with Gasteiger partial charge in [-0.1, -0.05) is 12.1 Å². The Balaban J connectivity index is 1.82. The van der Waals surface area contributed by atoms with Crippen LogP contribution in [-0.2, 0) is 26.6 Å². The number of hydrogen-bond acceptors (Lipinski definition) is 4. The maximum Gasteiger partial charge on any atom is 0.416 e. The van der Waals surface area contributed by atoms with Crippen LogP contribution >= 0.6 is 0 Å². The van der Waals surface area contributed by atoms with Gasteiger partial charge in [0.2, 0.25) is 0 Å². The maximum absolute atomic E-state index is 13.7. The number of methoxy groups -OCH3 is 1. The third kappa shape index (κ3) is 8.41. The monoisotopic (exact) mass is 563 g/mol. The number of carbonyl (C=O) groups is 1. The lowest BCUT2D eigenvalue weighted by molar-refractivity contribution is -0.143. The minimum Gasteiger partial charge on any atom is -0.469 e. The molecule has 4 atom stereocenters. The highest BCUT2D eigenvalue weighted by atomic mass is 19.4. The molecule has 2 aromatic rings. The van der Waals surface area contributed by atoms with Gasteiger partial charge in [-0.2, -0.15) is 26.3 Å². The first-order valence-electron chi connectivity index (χ1n) is 12.6. The fraction of sp³-hybridized carbons (Fsp3) is 0.536. The van der Waals surface area contributed by atoms with Crippen molar-refractivity contribution < 1.29 is 45.0 Å². The van der Waals surface area contributed by atoms with Gasteiger partial charge in [-0.15, -0.1) is 0 Å². The normalized spacial score (nSPS) is 20.8. The van der Waals surface area contributed by atoms with Crippen LogP contribution in [0.1, 0.15) is 66.9 Å². The quantitative estimate of drug-likeness (QED) is 0.223. The molecular weight excluding hydrogens is 531 g/mol. The minimum absolute atomic E-state index is 0.0306. The fourth-order valence-electron chi connectivity index (χ4n) is 5.21. The van der Waals surface area contributed by atoms with Crippen molar-refractivity contribution in [2.75, 3.05) is 27.2 Å². The Morgan fingerprint density at radius 3 is 2.13 bits per heavy atom. The molecule has 1 aliphatic carbocycles. The summed E-state index contributed by atoms with van der Waals surface area (Å²) in [6, 6.07) is 7.36. The second-order valence-electron chi connectivity index (χ2n) is 10.0. The number of carbonyl (C=O) groups excluding carboxylic acids is 1. The lowest BCUT2D eigenvalue weighted by Gasteiger charge is -2.30. The second-order valence-corrected chi connectivity index (χ2v) is 10.0. The van der Waals surface area contributed by atoms with Crippen molar-refractivity contribution in [3.63, 3.8) is 0 Å². The maximum atomic E-state index is 13.7. The molecule has 0 bridgehead atoms. The molecule has 1 saturated carbocycles. The summed E-state index contributed by atoms with van der Waals surface area (Å²) < 4.78 is 105. The summed E-state index contributed by atoms with van der Waals surface area (Å²) in [5.74, 6) is -0.964. The third-order valence-corrected chi connectivity index (χ3v) is 7.14. The SMILES string of the molecule is COC(=O)CCCN(C)CC1CCC(OC(C)c2cc(C(F)(F)F)cc(C(F)(F)F)c2)C1c1ccc(F)cc1. The van der Waals surface area contributed by atoms with Crippen LogP contribution < -0.4 is 0 Å². The Kier molecular flexibility index (Phi) is 10.0. The van der Waals surface area contributed by atoms with Gasteiger partial charge >= 0.3 is 18.3 Å². The molecule has 3 rings (SSSR count). The van der Waals surface area contributed by atoms with Gasteiger partial charge in [0.25, 0.3) is 0 Å². The van der Waals surface area contributed by atoms with Gasteiger partial charge in [0.05, 0.1) is 30.4 Å². The lowest BCUT2D eigenvalue weighted by atomic mass is 9.87. The highest BCUT2D eigenvalue weighted by molar-refractivity contribution is 5.69. The molecule has 216 valence electrons. The average molecular weight is 564 g/mol. The molecule has 0 amide bonds. The van der Waals surface area contributed by atoms with Crippen LogP contribution in [0.25, 0.3) is 0 Å². The van der Waals surface area contributed by atoms with Gasteiger partial charge in [-0.3, -0.25) is 4.79 Å². The summed E-state index contributed by atoms with van der Waals surface area (Å²) in [6.45, 7) is 2.66. The highest BCUT2D eigenvalue weighted by Gasteiger charge is 2.41. The van der Waals surface area contributed by atoms with E-state index < -0.39 is 41.5 Å². The van der Waals surface area contributed by atoms with Crippen molar-refractivity contribution in [1.82, 2.24) is 4.90 Å². The zero-order valence-electron chi connectivity index (χ0n) is 21.9. The molecule has 2 aromatic carbocycles. The molecule has 0 heterocycles. The van der Waals surface area contributed by atoms with E-state index in [1.165, 1.54) is 26.2 Å². The molecule has 4 nitrogen and oxygen atoms in total. The van der Waals surface area contributed by atoms with Crippen LogP contribution in [0.15, 0.2) is 42.5 Å². The van der Waals surface area contributed by atoms with Gasteiger partial charge in [0, 0.05) is 18.9 Å². The van der Waals surface area contributed by atoms with E-state index in [2.05, 4.69) is 9.64 Å². The molecule has 4 unspecified atom stereocenters. The fourth-order valence-corrected chi connectivity index (χ4v) is 5.21. The topological polar surface area (TPSA) is 38.8 Å². The molecule has 0 spiro atoms. The van der Waals surface area contributed by atoms with Crippen LogP contribution in [-0.4, -0.2) is 44.2 Å². The van der Waals surface area contributed by atoms with Crippen molar-refractivity contribution in [3.05, 3.63) is 70.5 Å². The third-order valence-electron chi connectivity index (χ3n) is 7.14. The van der Waals surface area contributed by atoms with E-state index in [0.29, 0.717) is 44.5 Å². The predicted molar refractivity (Wildman–Crippen MR) is 130 cm³/mol. The first kappa shape index (κ1) is 30.9. The van der Waals surface area contributed by atoms with Crippen molar-refractivity contribution >= 4 is 5.97 Å². The van der Waals surface area contributed by atoms with E-state index in [-0.39, 0.29) is 35.9 Å². The van der Waals surface area contributed by atoms with Crippen LogP contribution in [0.5, 0.6) is 0 Å². The number of benzene rings is 2. The highest BCUT2D eigenvalue weighted by Crippen LogP contribution is 2.45. The molecule has 1 aliphatic rings. The van der Waals surface area contributed by atoms with Crippen molar-refractivity contribution in [2.45, 2.75) is 63.1 Å². The number of rotatable bonds is 10. The van der Waals surface area contributed by atoms with Gasteiger partial charge in [-0.25, -0.2) is 4.39 Å². The molecule has 0 saturated heterocycles. The Labute approximate surface area is 223 Å². The van der Waals surface area contributed by atoms with Gasteiger partial charge in [0.1, 0.15) is 5.82 Å². The van der Waals surface area contributed by atoms with Crippen LogP contribution in [0.3, 0.4) is 0 Å². The predicted octanol–water partition coefficient (Wildman–Crippen LogP) is 7.39. The summed E-state index contributed by atoms with van der Waals surface area (Å²) in [5, 5.41) is 0. The zero-order chi connectivity index (χ0) is 29.0. The van der Waals surface area contributed by atoms with Crippen LogP contribution in [0, 0.1) is 11.7 Å². The molecule has 1 fully saturated rings. The van der Waals surface area contributed by atoms with E-state index >= 15 is 0 Å². The molecular formula is C28H32F7NO3. The first-order valence-corrected chi connectivity index (χ1v) is 12.6. The summed E-state index contributed by atoms with van der Waals surface area (Å²) in [7, 11) is 3.22. The number of esters is 1. The van der Waals surface area contributed by atoms with E-state index in [1.54, 1.807) is 12.1 Å². The van der Waals surface area contributed by atoms with Crippen molar-refractivity contribution in [3.8, 4) is 0 Å². The minimum atomic E-state index is -4.96. The van der Waals surface area contributed by atoms with Crippen molar-refractivity contribution in [2.24, 2.45) is 5.92 Å². The zero-order valence-corrected chi connectivity index (χ0v) is 21.9. The Morgan fingerprint density at radius 1 is 1.00 bits per heavy atom. The molecule has 0 aromatic heterocycles. The smallest absolute Gasteiger partial charge is 0.416 e. The molecule has 11 heteroatoms. The molecule has 0 aliphatic heterocycles. The summed E-state index contributed by atoms with van der Waals surface area (Å²) in [5.41, 5.74) is -2.23. The molecule has 0 radical (unpaired) electrons. The summed E-state index contributed by atoms with van der Waals surface area (Å²) in [4.78, 5) is 13.5. The Hall–Kier alpha value is -2.66. The largest absolute Gasteiger partial charge is 0.469 e. The molecule has 0 N–H and O–H groups in total. The summed E-state index contributed by atoms with van der Waals surface area (Å²) in [6.07, 6.45) is -9.40. The number of nitrogens with zero attached hydrogens (tertiary/aromatic N) is 1. The van der Waals surface area contributed by atoms with Gasteiger partial charge in [0.15, 0.2) is 0 Å². The Morgan fingerprint density at radius 2 is 1.59 bits per heavy atom. The van der Waals surface area contributed by atoms with Gasteiger partial charge < -0.3 is 14.4 Å². The summed E-state index contributed by atoms with van der Waals surface area (Å²) >= 11 is 0. The number of ether oxygens (including phenoxy) is 2. The van der Waals surface area contributed by atoms with Crippen LogP contribution in [0.4, 0.5) is 30.7 Å². The van der Waals surface area contributed by atoms with Crippen LogP contribution in [0.2, 0.25) is 0 Å². The number of hydrogen-bond donors (Lipinski definition) is 0. The standard InChI is InChI=1S/C28H32F7NO3/c1-17(20-13-21(27(30,31)32)15-22(14-20)28(33,34)35)39-24-11-8-19(16-36(2)12-4-5-25(37)38-3)26(24)18-6-9-23(29)10-7-18/h6-7,9-10,13-15,17,19,24,26H,4-5,8,11-12,16H2,1-3H3. The lowest BCUT2D eigenvalue weighted by Crippen LogP contribution is -2.31. The van der Waals surface area contributed by atoms with E-state index in [1.807, 2.05) is 7.05 Å². The molecule has 39 heavy (non-hydrogen) atoms. The van der Waals surface area contributed by atoms with Gasteiger partial charge in [-0.05, 0) is 87.2 Å². The number of halogens is 7. The first-order chi connectivity index (χ1) is 18.2. The van der Waals surface area contributed by atoms with E-state index in [9.17, 15) is 35.5 Å².